The molecule has 0 spiro atoms. The van der Waals surface area contributed by atoms with Gasteiger partial charge in [-0.25, -0.2) is 4.79 Å². The molecule has 0 unspecified atom stereocenters. The van der Waals surface area contributed by atoms with Gasteiger partial charge in [0.15, 0.2) is 0 Å². The molecule has 0 radical (unpaired) electrons. The van der Waals surface area contributed by atoms with Crippen molar-refractivity contribution in [2.45, 2.75) is 0 Å². The second-order valence-corrected chi connectivity index (χ2v) is 3.04. The van der Waals surface area contributed by atoms with E-state index in [9.17, 15) is 4.79 Å². The van der Waals surface area contributed by atoms with Crippen molar-refractivity contribution in [1.29, 1.82) is 0 Å². The number of nitrogens with one attached hydrogen (secondary N) is 1. The van der Waals surface area contributed by atoms with E-state index in [4.69, 9.17) is 9.15 Å². The molecule has 1 amide bonds. The highest BCUT2D eigenvalue weighted by Crippen LogP contribution is 2.11. The Morgan fingerprint density at radius 3 is 2.93 bits per heavy atom. The van der Waals surface area contributed by atoms with E-state index in [1.165, 1.54) is 6.26 Å². The van der Waals surface area contributed by atoms with E-state index < -0.39 is 0 Å². The van der Waals surface area contributed by atoms with E-state index in [2.05, 4.69) is 5.32 Å². The molecule has 0 bridgehead atoms. The molecule has 1 aliphatic heterocycles. The van der Waals surface area contributed by atoms with Crippen molar-refractivity contribution in [1.82, 2.24) is 10.2 Å². The fourth-order valence-electron chi connectivity index (χ4n) is 1.32. The average molecular weight is 196 g/mol. The topological polar surface area (TPSA) is 54.7 Å². The van der Waals surface area contributed by atoms with Crippen LogP contribution in [0.4, 0.5) is 4.79 Å². The largest absolute Gasteiger partial charge is 0.434 e. The fourth-order valence-corrected chi connectivity index (χ4v) is 1.32. The highest BCUT2D eigenvalue weighted by atomic mass is 16.6. The zero-order valence-electron chi connectivity index (χ0n) is 7.73. The lowest BCUT2D eigenvalue weighted by atomic mass is 10.4. The molecular formula is C9H12N2O3. The van der Waals surface area contributed by atoms with Gasteiger partial charge in [0.05, 0.1) is 6.26 Å². The zero-order chi connectivity index (χ0) is 9.80. The molecular weight excluding hydrogens is 184 g/mol. The Kier molecular flexibility index (Phi) is 2.69. The third kappa shape index (κ3) is 2.05. The molecule has 2 rings (SSSR count). The highest BCUT2D eigenvalue weighted by molar-refractivity contribution is 5.70. The SMILES string of the molecule is O=C(Oc1ccco1)N1CCNCC1. The molecule has 0 aliphatic carbocycles. The van der Waals surface area contributed by atoms with E-state index in [0.717, 1.165) is 13.1 Å². The predicted molar refractivity (Wildman–Crippen MR) is 49.2 cm³/mol. The minimum Gasteiger partial charge on any atom is -0.434 e. The normalized spacial score (nSPS) is 16.7. The first-order valence-corrected chi connectivity index (χ1v) is 4.57. The maximum absolute atomic E-state index is 11.5. The summed E-state index contributed by atoms with van der Waals surface area (Å²) in [5.74, 6) is 0.244. The first-order chi connectivity index (χ1) is 6.86. The van der Waals surface area contributed by atoms with Crippen LogP contribution in [0.15, 0.2) is 22.8 Å². The summed E-state index contributed by atoms with van der Waals surface area (Å²) in [6, 6.07) is 3.29. The summed E-state index contributed by atoms with van der Waals surface area (Å²) in [6.45, 7) is 2.99. The van der Waals surface area contributed by atoms with Crippen LogP contribution in [0.3, 0.4) is 0 Å². The van der Waals surface area contributed by atoms with Gasteiger partial charge >= 0.3 is 6.09 Å². The summed E-state index contributed by atoms with van der Waals surface area (Å²) < 4.78 is 9.90. The zero-order valence-corrected chi connectivity index (χ0v) is 7.73. The third-order valence-electron chi connectivity index (χ3n) is 2.06. The number of hydrogen-bond donors (Lipinski definition) is 1. The molecule has 14 heavy (non-hydrogen) atoms. The van der Waals surface area contributed by atoms with E-state index >= 15 is 0 Å². The Morgan fingerprint density at radius 2 is 2.29 bits per heavy atom. The summed E-state index contributed by atoms with van der Waals surface area (Å²) in [4.78, 5) is 13.1. The van der Waals surface area contributed by atoms with Crippen molar-refractivity contribution >= 4 is 6.09 Å². The molecule has 1 N–H and O–H groups in total. The Morgan fingerprint density at radius 1 is 1.50 bits per heavy atom. The summed E-state index contributed by atoms with van der Waals surface area (Å²) in [5, 5.41) is 3.16. The number of carbonyl (C=O) groups excluding carboxylic acids is 1. The minimum absolute atomic E-state index is 0.244. The average Bonchev–Trinajstić information content (AvgIpc) is 2.72. The molecule has 5 nitrogen and oxygen atoms in total. The van der Waals surface area contributed by atoms with Gasteiger partial charge in [-0.2, -0.15) is 0 Å². The van der Waals surface area contributed by atoms with Crippen LogP contribution in [0.1, 0.15) is 0 Å². The highest BCUT2D eigenvalue weighted by Gasteiger charge is 2.18. The van der Waals surface area contributed by atoms with Gasteiger partial charge in [-0.05, 0) is 6.07 Å². The van der Waals surface area contributed by atoms with Crippen LogP contribution in [0.25, 0.3) is 0 Å². The van der Waals surface area contributed by atoms with Crippen LogP contribution in [0.5, 0.6) is 5.95 Å². The quantitative estimate of drug-likeness (QED) is 0.717. The van der Waals surface area contributed by atoms with E-state index in [1.54, 1.807) is 17.0 Å². The van der Waals surface area contributed by atoms with E-state index in [0.29, 0.717) is 13.1 Å². The van der Waals surface area contributed by atoms with Crippen molar-refractivity contribution in [2.24, 2.45) is 0 Å². The molecule has 2 heterocycles. The second-order valence-electron chi connectivity index (χ2n) is 3.04. The Labute approximate surface area is 81.6 Å². The molecule has 1 saturated heterocycles. The molecule has 5 heteroatoms. The summed E-state index contributed by atoms with van der Waals surface area (Å²) in [7, 11) is 0. The lowest BCUT2D eigenvalue weighted by molar-refractivity contribution is 0.135. The maximum Gasteiger partial charge on any atom is 0.417 e. The van der Waals surface area contributed by atoms with Crippen LogP contribution in [0.2, 0.25) is 0 Å². The standard InChI is InChI=1S/C9H12N2O3/c12-9(11-5-3-10-4-6-11)14-8-2-1-7-13-8/h1-2,7,10H,3-6H2. The van der Waals surface area contributed by atoms with Gasteiger partial charge in [-0.1, -0.05) is 0 Å². The van der Waals surface area contributed by atoms with Crippen LogP contribution >= 0.6 is 0 Å². The molecule has 0 aromatic carbocycles. The first kappa shape index (κ1) is 9.08. The fraction of sp³-hybridized carbons (Fsp3) is 0.444. The molecule has 1 aromatic heterocycles. The maximum atomic E-state index is 11.5. The summed E-state index contributed by atoms with van der Waals surface area (Å²) in [5.41, 5.74) is 0. The van der Waals surface area contributed by atoms with Gasteiger partial charge in [-0.3, -0.25) is 0 Å². The number of ether oxygens (including phenoxy) is 1. The van der Waals surface area contributed by atoms with Crippen molar-refractivity contribution in [3.05, 3.63) is 18.4 Å². The lowest BCUT2D eigenvalue weighted by Gasteiger charge is -2.25. The molecule has 1 fully saturated rings. The lowest BCUT2D eigenvalue weighted by Crippen LogP contribution is -2.47. The number of nitrogens with zero attached hydrogens (tertiary/aromatic N) is 1. The Hall–Kier alpha value is -1.49. The number of carbonyl (C=O) groups is 1. The van der Waals surface area contributed by atoms with Crippen molar-refractivity contribution in [3.8, 4) is 5.95 Å². The number of piperazine rings is 1. The number of furan rings is 1. The molecule has 76 valence electrons. The van der Waals surface area contributed by atoms with Crippen molar-refractivity contribution in [3.63, 3.8) is 0 Å². The van der Waals surface area contributed by atoms with Gasteiger partial charge in [0.1, 0.15) is 0 Å². The molecule has 1 aliphatic rings. The van der Waals surface area contributed by atoms with Crippen molar-refractivity contribution < 1.29 is 13.9 Å². The number of amides is 1. The second kappa shape index (κ2) is 4.15. The number of hydrogen-bond acceptors (Lipinski definition) is 4. The van der Waals surface area contributed by atoms with Crippen LogP contribution in [0, 0.1) is 0 Å². The van der Waals surface area contributed by atoms with Gasteiger partial charge in [0, 0.05) is 32.2 Å². The van der Waals surface area contributed by atoms with Gasteiger partial charge in [-0.15, -0.1) is 0 Å². The van der Waals surface area contributed by atoms with E-state index in [-0.39, 0.29) is 12.0 Å². The minimum atomic E-state index is -0.346. The smallest absolute Gasteiger partial charge is 0.417 e. The van der Waals surface area contributed by atoms with Gasteiger partial charge < -0.3 is 19.4 Å². The van der Waals surface area contributed by atoms with Gasteiger partial charge in [0.2, 0.25) is 0 Å². The van der Waals surface area contributed by atoms with Crippen LogP contribution in [-0.4, -0.2) is 37.2 Å². The Balaban J connectivity index is 1.88. The van der Waals surface area contributed by atoms with Crippen molar-refractivity contribution in [2.75, 3.05) is 26.2 Å². The van der Waals surface area contributed by atoms with Crippen LogP contribution in [-0.2, 0) is 0 Å². The predicted octanol–water partition coefficient (Wildman–Crippen LogP) is 0.684. The van der Waals surface area contributed by atoms with Crippen LogP contribution < -0.4 is 10.1 Å². The molecule has 0 saturated carbocycles. The monoisotopic (exact) mass is 196 g/mol. The molecule has 0 atom stereocenters. The summed E-state index contributed by atoms with van der Waals surface area (Å²) in [6.07, 6.45) is 1.13. The third-order valence-corrected chi connectivity index (χ3v) is 2.06. The Bertz CT molecular complexity index is 291. The molecule has 1 aromatic rings. The summed E-state index contributed by atoms with van der Waals surface area (Å²) >= 11 is 0. The number of rotatable bonds is 1. The van der Waals surface area contributed by atoms with E-state index in [1.807, 2.05) is 0 Å². The first-order valence-electron chi connectivity index (χ1n) is 4.57. The van der Waals surface area contributed by atoms with Gasteiger partial charge in [0.25, 0.3) is 5.95 Å².